The average Bonchev–Trinajstić information content (AvgIpc) is 3.90. The number of thiazole rings is 2. The first kappa shape index (κ1) is 31.7. The molecule has 0 atom stereocenters. The van der Waals surface area contributed by atoms with Crippen molar-refractivity contribution in [1.82, 2.24) is 25.1 Å². The van der Waals surface area contributed by atoms with E-state index in [0.717, 1.165) is 67.7 Å². The number of likely N-dealkylation sites (N-methyl/N-ethyl adjacent to an activating group) is 1. The van der Waals surface area contributed by atoms with Crippen molar-refractivity contribution < 1.29 is 24.3 Å². The van der Waals surface area contributed by atoms with Gasteiger partial charge >= 0.3 is 5.97 Å². The van der Waals surface area contributed by atoms with Gasteiger partial charge in [-0.3, -0.25) is 29.0 Å². The van der Waals surface area contributed by atoms with Gasteiger partial charge in [0.25, 0.3) is 11.8 Å². The van der Waals surface area contributed by atoms with Crippen molar-refractivity contribution in [2.75, 3.05) is 56.1 Å². The van der Waals surface area contributed by atoms with Crippen LogP contribution in [0.1, 0.15) is 51.9 Å². The van der Waals surface area contributed by atoms with Crippen LogP contribution in [-0.4, -0.2) is 94.9 Å². The van der Waals surface area contributed by atoms with Crippen LogP contribution >= 0.6 is 22.7 Å². The molecule has 0 saturated heterocycles. The van der Waals surface area contributed by atoms with Crippen molar-refractivity contribution in [2.45, 2.75) is 38.8 Å². The molecule has 12 nitrogen and oxygen atoms in total. The first-order chi connectivity index (χ1) is 23.8. The fraction of sp³-hybridized carbons (Fsp3) is 0.371. The Kier molecular flexibility index (Phi) is 8.26. The van der Waals surface area contributed by atoms with E-state index in [2.05, 4.69) is 22.3 Å². The van der Waals surface area contributed by atoms with Gasteiger partial charge in [-0.05, 0) is 47.2 Å². The zero-order valence-corrected chi connectivity index (χ0v) is 28.7. The number of carboxylic acids is 1. The first-order valence-electron chi connectivity index (χ1n) is 16.5. The maximum absolute atomic E-state index is 13.9. The molecule has 0 aliphatic carbocycles. The number of carbonyl (C=O) groups is 4. The number of nitrogens with one attached hydrogen (secondary N) is 1. The summed E-state index contributed by atoms with van der Waals surface area (Å²) < 4.78 is 0. The van der Waals surface area contributed by atoms with E-state index in [4.69, 9.17) is 9.97 Å². The van der Waals surface area contributed by atoms with Crippen molar-refractivity contribution in [2.24, 2.45) is 0 Å². The molecule has 0 fully saturated rings. The van der Waals surface area contributed by atoms with Crippen molar-refractivity contribution in [3.05, 3.63) is 78.7 Å². The minimum absolute atomic E-state index is 0.0227. The molecular formula is C35H35N7O5S2. The van der Waals surface area contributed by atoms with Crippen LogP contribution in [0.5, 0.6) is 0 Å². The third-order valence-electron chi connectivity index (χ3n) is 9.83. The molecule has 0 spiro atoms. The van der Waals surface area contributed by atoms with Crippen LogP contribution in [0.25, 0.3) is 11.1 Å². The van der Waals surface area contributed by atoms with Gasteiger partial charge in [0.1, 0.15) is 0 Å². The number of anilines is 2. The van der Waals surface area contributed by atoms with Gasteiger partial charge in [-0.1, -0.05) is 24.3 Å². The Hall–Kier alpha value is -4.50. The van der Waals surface area contributed by atoms with Gasteiger partial charge in [-0.15, -0.1) is 22.7 Å². The minimum Gasteiger partial charge on any atom is -0.480 e. The second-order valence-electron chi connectivity index (χ2n) is 12.8. The number of benzene rings is 2. The fourth-order valence-electron chi connectivity index (χ4n) is 7.45. The van der Waals surface area contributed by atoms with Crippen LogP contribution in [0.15, 0.2) is 36.4 Å². The number of aromatic nitrogens is 2. The van der Waals surface area contributed by atoms with Gasteiger partial charge in [0.15, 0.2) is 10.0 Å². The lowest BCUT2D eigenvalue weighted by Gasteiger charge is -2.24. The van der Waals surface area contributed by atoms with E-state index < -0.39 is 5.97 Å². The van der Waals surface area contributed by atoms with E-state index >= 15 is 0 Å². The highest BCUT2D eigenvalue weighted by atomic mass is 32.1. The van der Waals surface area contributed by atoms with Gasteiger partial charge in [0, 0.05) is 80.3 Å². The molecule has 6 heterocycles. The molecule has 4 aliphatic rings. The maximum atomic E-state index is 13.9. The molecule has 4 aliphatic heterocycles. The highest BCUT2D eigenvalue weighted by Gasteiger charge is 2.34. The predicted octanol–water partition coefficient (Wildman–Crippen LogP) is 3.22. The van der Waals surface area contributed by atoms with E-state index in [1.807, 2.05) is 39.0 Å². The second kappa shape index (κ2) is 12.8. The molecule has 0 saturated carbocycles. The summed E-state index contributed by atoms with van der Waals surface area (Å²) in [4.78, 5) is 69.9. The number of nitrogens with zero attached hydrogens (tertiary/aromatic N) is 6. The Labute approximate surface area is 291 Å². The predicted molar refractivity (Wildman–Crippen MR) is 187 cm³/mol. The van der Waals surface area contributed by atoms with Crippen molar-refractivity contribution in [1.29, 1.82) is 0 Å². The number of hydrogen-bond acceptors (Lipinski definition) is 10. The lowest BCUT2D eigenvalue weighted by Crippen LogP contribution is -2.38. The minimum atomic E-state index is -0.858. The first-order valence-corrected chi connectivity index (χ1v) is 18.1. The summed E-state index contributed by atoms with van der Waals surface area (Å²) in [6.45, 7) is 3.88. The number of hydrogen-bond donors (Lipinski definition) is 2. The van der Waals surface area contributed by atoms with E-state index in [9.17, 15) is 24.3 Å². The molecule has 4 aromatic rings. The molecular weight excluding hydrogens is 663 g/mol. The quantitative estimate of drug-likeness (QED) is 0.298. The van der Waals surface area contributed by atoms with Gasteiger partial charge in [-0.25, -0.2) is 9.97 Å². The highest BCUT2D eigenvalue weighted by Crippen LogP contribution is 2.43. The second-order valence-corrected chi connectivity index (χ2v) is 15.0. The van der Waals surface area contributed by atoms with E-state index in [1.165, 1.54) is 22.7 Å². The smallest absolute Gasteiger partial charge is 0.317 e. The van der Waals surface area contributed by atoms with Crippen LogP contribution in [0.3, 0.4) is 0 Å². The van der Waals surface area contributed by atoms with Gasteiger partial charge in [0.2, 0.25) is 5.91 Å². The zero-order chi connectivity index (χ0) is 33.8. The Morgan fingerprint density at radius 2 is 1.20 bits per heavy atom. The summed E-state index contributed by atoms with van der Waals surface area (Å²) in [6.07, 6.45) is 2.78. The molecule has 2 N–H and O–H groups in total. The van der Waals surface area contributed by atoms with Crippen LogP contribution in [0.4, 0.5) is 11.4 Å². The lowest BCUT2D eigenvalue weighted by molar-refractivity contribution is -0.138. The largest absolute Gasteiger partial charge is 0.480 e. The Bertz CT molecular complexity index is 2020. The van der Waals surface area contributed by atoms with Crippen molar-refractivity contribution >= 4 is 57.7 Å². The van der Waals surface area contributed by atoms with Gasteiger partial charge < -0.3 is 20.2 Å². The monoisotopic (exact) mass is 697 g/mol. The van der Waals surface area contributed by atoms with Crippen molar-refractivity contribution in [3.8, 4) is 11.1 Å². The summed E-state index contributed by atoms with van der Waals surface area (Å²) in [5, 5.41) is 12.8. The normalized spacial score (nSPS) is 17.0. The number of amides is 3. The third kappa shape index (κ3) is 5.82. The summed E-state index contributed by atoms with van der Waals surface area (Å²) in [5.41, 5.74) is 7.99. The van der Waals surface area contributed by atoms with E-state index in [1.54, 1.807) is 7.05 Å². The average molecular weight is 698 g/mol. The molecule has 2 aromatic carbocycles. The molecule has 8 rings (SSSR count). The van der Waals surface area contributed by atoms with Crippen LogP contribution in [-0.2, 0) is 48.4 Å². The molecule has 0 radical (unpaired) electrons. The molecule has 0 unspecified atom stereocenters. The topological polar surface area (TPSA) is 139 Å². The Morgan fingerprint density at radius 1 is 0.714 bits per heavy atom. The summed E-state index contributed by atoms with van der Waals surface area (Å²) in [6, 6.07) is 12.2. The van der Waals surface area contributed by atoms with Crippen LogP contribution in [0, 0.1) is 0 Å². The van der Waals surface area contributed by atoms with E-state index in [0.29, 0.717) is 68.5 Å². The van der Waals surface area contributed by atoms with Crippen LogP contribution in [0.2, 0.25) is 0 Å². The summed E-state index contributed by atoms with van der Waals surface area (Å²) >= 11 is 2.80. The third-order valence-corrected chi connectivity index (χ3v) is 12.0. The fourth-order valence-corrected chi connectivity index (χ4v) is 9.65. The van der Waals surface area contributed by atoms with E-state index in [-0.39, 0.29) is 24.3 Å². The lowest BCUT2D eigenvalue weighted by atomic mass is 9.93. The summed E-state index contributed by atoms with van der Waals surface area (Å²) in [7, 11) is 1.64. The molecule has 49 heavy (non-hydrogen) atoms. The Morgan fingerprint density at radius 3 is 1.67 bits per heavy atom. The maximum Gasteiger partial charge on any atom is 0.317 e. The highest BCUT2D eigenvalue weighted by molar-refractivity contribution is 7.14. The number of carbonyl (C=O) groups excluding carboxylic acids is 3. The summed E-state index contributed by atoms with van der Waals surface area (Å²) in [5.74, 6) is -1.11. The van der Waals surface area contributed by atoms with Gasteiger partial charge in [0.05, 0.1) is 24.5 Å². The number of rotatable bonds is 7. The zero-order valence-electron chi connectivity index (χ0n) is 27.0. The number of fused-ring (bicyclic) bond motifs is 4. The SMILES string of the molecule is CNC(=O)CN1CCc2nc(C(=O)N3CCc4c(-c5cccc6c5CCN6C(=O)c5nc6c(s5)CN(CC(=O)O)CC6)cccc43)sc2C1. The molecule has 3 amide bonds. The van der Waals surface area contributed by atoms with Crippen molar-refractivity contribution in [3.63, 3.8) is 0 Å². The molecule has 14 heteroatoms. The molecule has 2 aromatic heterocycles. The standard InChI is InChI=1S/C35H35N7O5S2/c1-36-30(43)18-39-12-10-24-28(16-39)48-32(37-24)34(46)41-14-8-22-20(4-2-6-26(22)41)21-5-3-7-27-23(21)9-15-42(27)35(47)33-38-25-11-13-40(19-31(44)45)17-29(25)49-33/h2-7H,8-19H2,1H3,(H,36,43)(H,44,45). The Balaban J connectivity index is 1.02. The number of carboxylic acid groups (broad SMARTS) is 1. The molecule has 0 bridgehead atoms. The molecule has 252 valence electrons. The van der Waals surface area contributed by atoms with Crippen LogP contribution < -0.4 is 15.1 Å². The number of aliphatic carboxylic acids is 1. The van der Waals surface area contributed by atoms with Gasteiger partial charge in [-0.2, -0.15) is 0 Å².